The topological polar surface area (TPSA) is 62.2 Å². The number of nitrogens with one attached hydrogen (secondary N) is 2. The number of nitrogens with zero attached hydrogens (tertiary/aromatic N) is 3. The first-order valence-electron chi connectivity index (χ1n) is 25.5. The van der Waals surface area contributed by atoms with Gasteiger partial charge in [-0.25, -0.2) is 4.58 Å². The van der Waals surface area contributed by atoms with Gasteiger partial charge in [0, 0.05) is 44.0 Å². The smallest absolute Gasteiger partial charge is 0.255 e. The van der Waals surface area contributed by atoms with Gasteiger partial charge in [-0.15, -0.1) is 0 Å². The Hall–Kier alpha value is -8.59. The molecule has 2 N–H and O–H groups in total. The molecule has 0 bridgehead atoms. The second-order valence-corrected chi connectivity index (χ2v) is 19.8. The van der Waals surface area contributed by atoms with Gasteiger partial charge < -0.3 is 44.3 Å². The van der Waals surface area contributed by atoms with Crippen molar-refractivity contribution in [1.29, 1.82) is 0 Å². The molecule has 0 aliphatic heterocycles. The van der Waals surface area contributed by atoms with Gasteiger partial charge in [-0.2, -0.15) is 9.13 Å². The Morgan fingerprint density at radius 1 is 0.462 bits per heavy atom. The average Bonchev–Trinajstić information content (AvgIpc) is 4.35. The lowest BCUT2D eigenvalue weighted by Crippen LogP contribution is -3.00. The number of para-hydroxylation sites is 6. The predicted molar refractivity (Wildman–Crippen MR) is 319 cm³/mol. The van der Waals surface area contributed by atoms with Crippen molar-refractivity contribution < 1.29 is 42.8 Å². The van der Waals surface area contributed by atoms with Crippen LogP contribution < -0.4 is 40.0 Å². The highest BCUT2D eigenvalue weighted by Gasteiger charge is 2.22. The largest absolute Gasteiger partial charge is 1.00 e. The Labute approximate surface area is 472 Å². The quantitative estimate of drug-likeness (QED) is 0.118. The molecule has 0 fully saturated rings. The zero-order valence-corrected chi connectivity index (χ0v) is 46.5. The lowest BCUT2D eigenvalue weighted by molar-refractivity contribution is -0.567. The number of hydrogen-bond acceptors (Lipinski definition) is 4. The highest BCUT2D eigenvalue weighted by Crippen LogP contribution is 2.40. The van der Waals surface area contributed by atoms with Gasteiger partial charge in [0.25, 0.3) is 6.33 Å². The van der Waals surface area contributed by atoms with Crippen molar-refractivity contribution in [3.05, 3.63) is 247 Å². The third-order valence-electron chi connectivity index (χ3n) is 13.4. The molecule has 0 radical (unpaired) electrons. The summed E-state index contributed by atoms with van der Waals surface area (Å²) in [6.45, 7) is 8.55. The molecular weight excluding hydrogens is 1030 g/mol. The summed E-state index contributed by atoms with van der Waals surface area (Å²) in [5.74, 6) is 0. The molecule has 13 rings (SSSR count). The van der Waals surface area contributed by atoms with Crippen LogP contribution in [-0.4, -0.2) is 28.9 Å². The number of aryl methyl sites for hydroxylation is 4. The van der Waals surface area contributed by atoms with Crippen molar-refractivity contribution in [1.82, 2.24) is 4.57 Å². The van der Waals surface area contributed by atoms with Crippen molar-refractivity contribution in [3.8, 4) is 33.6 Å². The van der Waals surface area contributed by atoms with Crippen molar-refractivity contribution >= 4 is 94.9 Å². The Bertz CT molecular complexity index is 4230. The first-order valence-corrected chi connectivity index (χ1v) is 25.9. The van der Waals surface area contributed by atoms with E-state index in [-0.39, 0.29) is 24.8 Å². The van der Waals surface area contributed by atoms with E-state index in [2.05, 4.69) is 230 Å². The fourth-order valence-electron chi connectivity index (χ4n) is 10.2. The van der Waals surface area contributed by atoms with Gasteiger partial charge in [0.05, 0.1) is 11.4 Å². The molecule has 0 aliphatic carbocycles. The Morgan fingerprint density at radius 3 is 1.50 bits per heavy atom. The Balaban J connectivity index is 0.000000171. The van der Waals surface area contributed by atoms with Crippen molar-refractivity contribution in [3.63, 3.8) is 0 Å². The molecular formula is C68H58Cl3N5O2. The number of anilines is 4. The van der Waals surface area contributed by atoms with Gasteiger partial charge in [-0.1, -0.05) is 127 Å². The maximum absolute atomic E-state index is 6.35. The molecule has 0 atom stereocenters. The normalized spacial score (nSPS) is 10.8. The van der Waals surface area contributed by atoms with Crippen molar-refractivity contribution in [2.45, 2.75) is 27.7 Å². The van der Waals surface area contributed by atoms with Gasteiger partial charge in [0.15, 0.2) is 11.0 Å². The minimum Gasteiger partial charge on any atom is -1.00 e. The van der Waals surface area contributed by atoms with E-state index in [0.717, 1.165) is 106 Å². The zero-order valence-electron chi connectivity index (χ0n) is 44.2. The van der Waals surface area contributed by atoms with Crippen LogP contribution >= 0.6 is 11.6 Å². The molecule has 3 heterocycles. The SMILES string of the molecule is C[N+](C)=CCl.Cc1cc(C)cc(-n2c[n+](-c3ccccc3)c3cc(-c4cccc5c4oc4ccccc45)ccc32)c1.Cc1cc(C)cc(Nc2ccc(-c3cccc4c3oc3ccccc34)cc2Nc2ccccc2)c1.[Cl-].[Cl-]. The third-order valence-corrected chi connectivity index (χ3v) is 13.8. The minimum absolute atomic E-state index is 0. The van der Waals surface area contributed by atoms with Crippen LogP contribution in [0.5, 0.6) is 0 Å². The van der Waals surface area contributed by atoms with Crippen LogP contribution in [-0.2, 0) is 0 Å². The number of halogens is 3. The second kappa shape index (κ2) is 23.7. The molecule has 0 aliphatic rings. The second-order valence-electron chi connectivity index (χ2n) is 19.6. The molecule has 3 aromatic heterocycles. The summed E-state index contributed by atoms with van der Waals surface area (Å²) in [6.07, 6.45) is 2.19. The molecule has 7 nitrogen and oxygen atoms in total. The van der Waals surface area contributed by atoms with E-state index in [9.17, 15) is 0 Å². The number of benzene rings is 10. The first kappa shape index (κ1) is 54.2. The fraction of sp³-hybridized carbons (Fsp3) is 0.0882. The molecule has 388 valence electrons. The summed E-state index contributed by atoms with van der Waals surface area (Å²) < 4.78 is 19.0. The minimum atomic E-state index is 0. The van der Waals surface area contributed by atoms with Crippen LogP contribution in [0.3, 0.4) is 0 Å². The molecule has 78 heavy (non-hydrogen) atoms. The molecule has 10 aromatic carbocycles. The van der Waals surface area contributed by atoms with Crippen molar-refractivity contribution in [2.75, 3.05) is 24.7 Å². The average molecular weight is 1080 g/mol. The first-order chi connectivity index (χ1) is 37.1. The summed E-state index contributed by atoms with van der Waals surface area (Å²) in [7, 11) is 3.74. The van der Waals surface area contributed by atoms with Gasteiger partial charge >= 0.3 is 0 Å². The van der Waals surface area contributed by atoms with Crippen LogP contribution in [0.15, 0.2) is 234 Å². The molecule has 0 saturated heterocycles. The number of imidazole rings is 1. The molecule has 0 amide bonds. The monoisotopic (exact) mass is 1080 g/mol. The van der Waals surface area contributed by atoms with Gasteiger partial charge in [-0.05, 0) is 164 Å². The van der Waals surface area contributed by atoms with E-state index in [1.165, 1.54) is 33.6 Å². The van der Waals surface area contributed by atoms with E-state index in [1.807, 2.05) is 56.6 Å². The van der Waals surface area contributed by atoms with Crippen LogP contribution in [0.2, 0.25) is 0 Å². The van der Waals surface area contributed by atoms with Gasteiger partial charge in [0.2, 0.25) is 5.67 Å². The maximum atomic E-state index is 6.35. The maximum Gasteiger partial charge on any atom is 0.255 e. The molecule has 0 unspecified atom stereocenters. The number of furan rings is 2. The molecule has 13 aromatic rings. The van der Waals surface area contributed by atoms with Gasteiger partial charge in [0.1, 0.15) is 47.8 Å². The standard InChI is InChI=1S/C33H25N2O.C32H26N2O.C3H7ClN.2ClH/c1-22-17-23(2)19-26(18-22)35-21-34(25-9-4-3-5-10-25)31-20-24(15-16-30(31)35)27-12-8-13-29-28-11-6-7-14-32(28)36-33(27)29;1-21-17-22(2)19-25(18-21)34-29-16-15-23(20-30(29)33-24-9-4-3-5-10-24)26-12-8-13-28-27-11-6-7-14-31(27)35-32(26)28;1-5(2)3-4;;/h3-21H,1-2H3;3-20,33-34H,1-2H3;3H,1-2H3;2*1H/q+1;;+1;;/p-2. The van der Waals surface area contributed by atoms with Crippen LogP contribution in [0.4, 0.5) is 22.7 Å². The highest BCUT2D eigenvalue weighted by molar-refractivity contribution is 6.54. The molecule has 10 heteroatoms. The Kier molecular flexibility index (Phi) is 16.5. The van der Waals surface area contributed by atoms with E-state index in [4.69, 9.17) is 20.4 Å². The summed E-state index contributed by atoms with van der Waals surface area (Å²) in [5, 5.41) is 11.8. The lowest BCUT2D eigenvalue weighted by Gasteiger charge is -2.17. The predicted octanol–water partition coefficient (Wildman–Crippen LogP) is 12.0. The summed E-state index contributed by atoms with van der Waals surface area (Å²) in [6, 6.07) is 76.4. The highest BCUT2D eigenvalue weighted by atomic mass is 35.5. The van der Waals surface area contributed by atoms with Crippen LogP contribution in [0.25, 0.3) is 88.5 Å². The van der Waals surface area contributed by atoms with Crippen LogP contribution in [0, 0.1) is 27.7 Å². The number of aromatic nitrogens is 2. The fourth-order valence-corrected chi connectivity index (χ4v) is 10.2. The van der Waals surface area contributed by atoms with Gasteiger partial charge in [-0.3, -0.25) is 0 Å². The zero-order chi connectivity index (χ0) is 52.3. The molecule has 0 spiro atoms. The summed E-state index contributed by atoms with van der Waals surface area (Å²) in [5.41, 5.74) is 23.3. The molecule has 0 saturated carbocycles. The van der Waals surface area contributed by atoms with E-state index >= 15 is 0 Å². The lowest BCUT2D eigenvalue weighted by atomic mass is 10.0. The third kappa shape index (κ3) is 11.4. The number of hydrogen-bond donors (Lipinski definition) is 2. The number of rotatable bonds is 8. The summed E-state index contributed by atoms with van der Waals surface area (Å²) >= 11 is 5.14. The van der Waals surface area contributed by atoms with Crippen molar-refractivity contribution in [2.24, 2.45) is 0 Å². The Morgan fingerprint density at radius 2 is 0.936 bits per heavy atom. The van der Waals surface area contributed by atoms with Crippen LogP contribution in [0.1, 0.15) is 22.3 Å². The van der Waals surface area contributed by atoms with E-state index in [0.29, 0.717) is 0 Å². The number of fused-ring (bicyclic) bond motifs is 7. The summed E-state index contributed by atoms with van der Waals surface area (Å²) in [4.78, 5) is 0. The van der Waals surface area contributed by atoms with E-state index < -0.39 is 0 Å². The van der Waals surface area contributed by atoms with E-state index in [1.54, 1.807) is 4.58 Å².